The van der Waals surface area contributed by atoms with Gasteiger partial charge >= 0.3 is 0 Å². The molecule has 2 aromatic rings. The maximum absolute atomic E-state index is 5.58. The third kappa shape index (κ3) is 3.21. The number of rotatable bonds is 2. The number of fused-ring (bicyclic) bond motifs is 2. The number of hydrogen-bond donors (Lipinski definition) is 0. The lowest BCUT2D eigenvalue weighted by atomic mass is 9.92. The van der Waals surface area contributed by atoms with Gasteiger partial charge in [0.25, 0.3) is 0 Å². The highest BCUT2D eigenvalue weighted by Gasteiger charge is 2.41. The van der Waals surface area contributed by atoms with Gasteiger partial charge in [-0.2, -0.15) is 0 Å². The first-order chi connectivity index (χ1) is 13.0. The highest BCUT2D eigenvalue weighted by atomic mass is 32.1. The molecule has 0 bridgehead atoms. The van der Waals surface area contributed by atoms with Crippen LogP contribution in [0.4, 0.5) is 10.9 Å². The molecule has 3 aliphatic heterocycles. The number of aromatic nitrogens is 3. The van der Waals surface area contributed by atoms with Crippen molar-refractivity contribution >= 4 is 22.3 Å². The minimum atomic E-state index is 0.0533. The summed E-state index contributed by atoms with van der Waals surface area (Å²) in [6.07, 6.45) is 2.68. The molecule has 27 heavy (non-hydrogen) atoms. The second-order valence-electron chi connectivity index (χ2n) is 9.01. The van der Waals surface area contributed by atoms with Crippen molar-refractivity contribution in [1.82, 2.24) is 15.0 Å². The van der Waals surface area contributed by atoms with Crippen LogP contribution < -0.4 is 9.80 Å². The molecular weight excluding hydrogens is 358 g/mol. The number of nitrogens with zero attached hydrogens (tertiary/aromatic N) is 5. The monoisotopic (exact) mass is 385 g/mol. The fraction of sp³-hybridized carbons (Fsp3) is 0.650. The number of hydrogen-bond acceptors (Lipinski definition) is 7. The molecule has 5 heterocycles. The Hall–Kier alpha value is -1.73. The fourth-order valence-electron chi connectivity index (χ4n) is 4.41. The average molecular weight is 386 g/mol. The van der Waals surface area contributed by atoms with E-state index in [1.807, 2.05) is 11.3 Å². The Morgan fingerprint density at radius 3 is 2.52 bits per heavy atom. The zero-order chi connectivity index (χ0) is 18.6. The molecule has 2 unspecified atom stereocenters. The second-order valence-corrected chi connectivity index (χ2v) is 10.1. The summed E-state index contributed by atoms with van der Waals surface area (Å²) >= 11 is 1.83. The Labute approximate surface area is 164 Å². The molecule has 144 valence electrons. The van der Waals surface area contributed by atoms with Crippen LogP contribution in [0.5, 0.6) is 0 Å². The minimum absolute atomic E-state index is 0.0533. The van der Waals surface area contributed by atoms with E-state index < -0.39 is 0 Å². The normalized spacial score (nSPS) is 25.0. The molecule has 2 atom stereocenters. The van der Waals surface area contributed by atoms with Gasteiger partial charge in [0.2, 0.25) is 0 Å². The molecule has 7 heteroatoms. The lowest BCUT2D eigenvalue weighted by Crippen LogP contribution is -2.29. The summed E-state index contributed by atoms with van der Waals surface area (Å²) in [7, 11) is 0. The first-order valence-corrected chi connectivity index (χ1v) is 10.7. The average Bonchev–Trinajstić information content (AvgIpc) is 3.33. The lowest BCUT2D eigenvalue weighted by molar-refractivity contribution is 0.112. The van der Waals surface area contributed by atoms with Crippen molar-refractivity contribution in [2.45, 2.75) is 39.2 Å². The molecule has 2 saturated heterocycles. The Morgan fingerprint density at radius 1 is 1.07 bits per heavy atom. The second kappa shape index (κ2) is 6.41. The van der Waals surface area contributed by atoms with Gasteiger partial charge in [0, 0.05) is 55.9 Å². The zero-order valence-corrected chi connectivity index (χ0v) is 17.1. The van der Waals surface area contributed by atoms with E-state index in [-0.39, 0.29) is 5.41 Å². The first-order valence-electron chi connectivity index (χ1n) is 9.86. The maximum atomic E-state index is 5.58. The number of ether oxygens (including phenoxy) is 1. The van der Waals surface area contributed by atoms with Crippen molar-refractivity contribution in [2.75, 3.05) is 42.6 Å². The van der Waals surface area contributed by atoms with E-state index in [0.717, 1.165) is 57.3 Å². The Bertz CT molecular complexity index is 808. The largest absolute Gasteiger partial charge is 0.375 e. The molecule has 5 rings (SSSR count). The van der Waals surface area contributed by atoms with Gasteiger partial charge in [0.05, 0.1) is 29.5 Å². The van der Waals surface area contributed by atoms with Crippen LogP contribution in [-0.2, 0) is 23.2 Å². The maximum Gasteiger partial charge on any atom is 0.185 e. The van der Waals surface area contributed by atoms with Gasteiger partial charge in [0.1, 0.15) is 12.1 Å². The molecule has 0 N–H and O–H groups in total. The van der Waals surface area contributed by atoms with Crippen LogP contribution in [0.1, 0.15) is 37.0 Å². The van der Waals surface area contributed by atoms with E-state index >= 15 is 0 Å². The third-order valence-corrected chi connectivity index (χ3v) is 7.12. The molecule has 0 spiro atoms. The molecule has 6 nitrogen and oxygen atoms in total. The van der Waals surface area contributed by atoms with Crippen molar-refractivity contribution in [1.29, 1.82) is 0 Å². The SMILES string of the molecule is CC(C)(C)c1cc(N2CC3CN(c4nc5c(s4)COCC5)CC3C2)ncn1. The van der Waals surface area contributed by atoms with Crippen molar-refractivity contribution in [3.63, 3.8) is 0 Å². The first kappa shape index (κ1) is 17.4. The fourth-order valence-corrected chi connectivity index (χ4v) is 5.48. The number of thiazole rings is 1. The van der Waals surface area contributed by atoms with Crippen LogP contribution in [0.25, 0.3) is 0 Å². The van der Waals surface area contributed by atoms with Crippen molar-refractivity contribution in [3.8, 4) is 0 Å². The molecule has 3 aliphatic rings. The zero-order valence-electron chi connectivity index (χ0n) is 16.3. The van der Waals surface area contributed by atoms with Gasteiger partial charge in [-0.15, -0.1) is 0 Å². The lowest BCUT2D eigenvalue weighted by Gasteiger charge is -2.24. The topological polar surface area (TPSA) is 54.4 Å². The summed E-state index contributed by atoms with van der Waals surface area (Å²) in [6.45, 7) is 12.5. The molecule has 2 aromatic heterocycles. The molecule has 2 fully saturated rings. The summed E-state index contributed by atoms with van der Waals surface area (Å²) in [6, 6.07) is 2.17. The summed E-state index contributed by atoms with van der Waals surface area (Å²) in [5, 5.41) is 1.20. The molecule has 0 amide bonds. The third-order valence-electron chi connectivity index (χ3n) is 5.99. The van der Waals surface area contributed by atoms with Crippen molar-refractivity contribution < 1.29 is 4.74 Å². The van der Waals surface area contributed by atoms with Crippen molar-refractivity contribution in [3.05, 3.63) is 28.7 Å². The summed E-state index contributed by atoms with van der Waals surface area (Å²) in [5.74, 6) is 2.46. The van der Waals surface area contributed by atoms with Gasteiger partial charge in [-0.1, -0.05) is 32.1 Å². The van der Waals surface area contributed by atoms with Crippen molar-refractivity contribution in [2.24, 2.45) is 11.8 Å². The van der Waals surface area contributed by atoms with E-state index in [1.165, 1.54) is 15.7 Å². The predicted molar refractivity (Wildman–Crippen MR) is 108 cm³/mol. The standard InChI is InChI=1S/C20H27N5OS/c1-20(2,3)17-6-18(22-12-21-17)24-7-13-9-25(10-14(13)8-24)19-23-15-4-5-26-11-16(15)27-19/h6,12-14H,4-5,7-11H2,1-3H3. The smallest absolute Gasteiger partial charge is 0.185 e. The molecule has 0 saturated carbocycles. The Balaban J connectivity index is 1.28. The highest BCUT2D eigenvalue weighted by Crippen LogP contribution is 2.38. The molecule has 0 aromatic carbocycles. The minimum Gasteiger partial charge on any atom is -0.375 e. The van der Waals surface area contributed by atoms with E-state index in [4.69, 9.17) is 9.72 Å². The van der Waals surface area contributed by atoms with Crippen LogP contribution >= 0.6 is 11.3 Å². The highest BCUT2D eigenvalue weighted by molar-refractivity contribution is 7.15. The molecule has 0 radical (unpaired) electrons. The van der Waals surface area contributed by atoms with E-state index in [0.29, 0.717) is 11.8 Å². The number of anilines is 2. The quantitative estimate of drug-likeness (QED) is 0.792. The van der Waals surface area contributed by atoms with Crippen LogP contribution in [-0.4, -0.2) is 47.7 Å². The predicted octanol–water partition coefficient (Wildman–Crippen LogP) is 2.88. The Kier molecular flexibility index (Phi) is 4.13. The molecular formula is C20H27N5OS. The van der Waals surface area contributed by atoms with Gasteiger partial charge in [0.15, 0.2) is 5.13 Å². The van der Waals surface area contributed by atoms with Gasteiger partial charge in [-0.05, 0) is 0 Å². The summed E-state index contributed by atoms with van der Waals surface area (Å²) in [5.41, 5.74) is 2.43. The van der Waals surface area contributed by atoms with E-state index in [1.54, 1.807) is 6.33 Å². The van der Waals surface area contributed by atoms with E-state index in [9.17, 15) is 0 Å². The van der Waals surface area contributed by atoms with Gasteiger partial charge in [-0.3, -0.25) is 0 Å². The summed E-state index contributed by atoms with van der Waals surface area (Å²) in [4.78, 5) is 20.2. The molecule has 0 aliphatic carbocycles. The van der Waals surface area contributed by atoms with Gasteiger partial charge in [-0.25, -0.2) is 15.0 Å². The van der Waals surface area contributed by atoms with E-state index in [2.05, 4.69) is 46.6 Å². The van der Waals surface area contributed by atoms with Gasteiger partial charge < -0.3 is 14.5 Å². The van der Waals surface area contributed by atoms with Crippen LogP contribution in [0, 0.1) is 11.8 Å². The van der Waals surface area contributed by atoms with Crippen LogP contribution in [0.3, 0.4) is 0 Å². The Morgan fingerprint density at radius 2 is 1.81 bits per heavy atom. The van der Waals surface area contributed by atoms with Crippen LogP contribution in [0.2, 0.25) is 0 Å². The summed E-state index contributed by atoms with van der Waals surface area (Å²) < 4.78 is 5.58. The van der Waals surface area contributed by atoms with Crippen LogP contribution in [0.15, 0.2) is 12.4 Å².